The lowest BCUT2D eigenvalue weighted by molar-refractivity contribution is -0.138. The Morgan fingerprint density at radius 3 is 2.31 bits per heavy atom. The number of rotatable bonds is 7. The summed E-state index contributed by atoms with van der Waals surface area (Å²) in [6.45, 7) is 0.311. The number of nitrogens with zero attached hydrogens (tertiary/aromatic N) is 1. The Balaban J connectivity index is 1.68. The van der Waals surface area contributed by atoms with Crippen LogP contribution in [0.4, 0.5) is 13.2 Å². The summed E-state index contributed by atoms with van der Waals surface area (Å²) in [7, 11) is -4.21. The minimum absolute atomic E-state index is 0.128. The third-order valence-corrected chi connectivity index (χ3v) is 7.61. The predicted molar refractivity (Wildman–Crippen MR) is 101 cm³/mol. The van der Waals surface area contributed by atoms with Crippen molar-refractivity contribution in [3.8, 4) is 0 Å². The molecule has 29 heavy (non-hydrogen) atoms. The van der Waals surface area contributed by atoms with Gasteiger partial charge in [0.05, 0.1) is 5.56 Å². The highest BCUT2D eigenvalue weighted by molar-refractivity contribution is 7.93. The maximum Gasteiger partial charge on any atom is 0.417 e. The van der Waals surface area contributed by atoms with Crippen molar-refractivity contribution < 1.29 is 26.4 Å². The number of pyridine rings is 1. The van der Waals surface area contributed by atoms with E-state index in [0.717, 1.165) is 18.1 Å². The number of hydrogen-bond donors (Lipinski definition) is 1. The molecule has 0 saturated heterocycles. The molecule has 156 valence electrons. The van der Waals surface area contributed by atoms with Crippen molar-refractivity contribution in [2.45, 2.75) is 48.1 Å². The molecule has 1 fully saturated rings. The van der Waals surface area contributed by atoms with Crippen LogP contribution in [0.1, 0.15) is 36.8 Å². The van der Waals surface area contributed by atoms with E-state index in [4.69, 9.17) is 0 Å². The van der Waals surface area contributed by atoms with Crippen LogP contribution in [-0.2, 0) is 27.2 Å². The van der Waals surface area contributed by atoms with Crippen LogP contribution < -0.4 is 5.32 Å². The van der Waals surface area contributed by atoms with Gasteiger partial charge >= 0.3 is 6.18 Å². The smallest absolute Gasteiger partial charge is 0.355 e. The van der Waals surface area contributed by atoms with E-state index < -0.39 is 37.3 Å². The Hall–Kier alpha value is -2.42. The fourth-order valence-corrected chi connectivity index (χ4v) is 5.30. The fraction of sp³-hybridized carbons (Fsp3) is 0.400. The summed E-state index contributed by atoms with van der Waals surface area (Å²) in [4.78, 5) is 16.2. The summed E-state index contributed by atoms with van der Waals surface area (Å²) >= 11 is 0. The first kappa shape index (κ1) is 21.3. The Morgan fingerprint density at radius 1 is 1.10 bits per heavy atom. The lowest BCUT2D eigenvalue weighted by Crippen LogP contribution is -2.57. The van der Waals surface area contributed by atoms with Crippen molar-refractivity contribution in [3.05, 3.63) is 59.8 Å². The first-order valence-corrected chi connectivity index (χ1v) is 10.8. The van der Waals surface area contributed by atoms with Gasteiger partial charge in [0.2, 0.25) is 15.7 Å². The number of nitrogens with one attached hydrogen (secondary N) is 1. The first-order chi connectivity index (χ1) is 13.7. The molecule has 2 aromatic rings. The average Bonchev–Trinajstić information content (AvgIpc) is 2.64. The molecule has 1 aliphatic carbocycles. The topological polar surface area (TPSA) is 76.1 Å². The van der Waals surface area contributed by atoms with Crippen LogP contribution >= 0.6 is 0 Å². The van der Waals surface area contributed by atoms with E-state index in [1.807, 2.05) is 30.3 Å². The molecule has 1 aliphatic rings. The maximum atomic E-state index is 13.0. The van der Waals surface area contributed by atoms with Crippen LogP contribution in [0.5, 0.6) is 0 Å². The molecule has 0 spiro atoms. The highest BCUT2D eigenvalue weighted by Gasteiger charge is 2.56. The second-order valence-corrected chi connectivity index (χ2v) is 9.29. The largest absolute Gasteiger partial charge is 0.417 e. The predicted octanol–water partition coefficient (Wildman–Crippen LogP) is 3.55. The average molecular weight is 426 g/mol. The molecule has 9 heteroatoms. The monoisotopic (exact) mass is 426 g/mol. The highest BCUT2D eigenvalue weighted by atomic mass is 32.2. The van der Waals surface area contributed by atoms with E-state index in [1.165, 1.54) is 0 Å². The van der Waals surface area contributed by atoms with Crippen molar-refractivity contribution in [2.75, 3.05) is 6.54 Å². The number of aryl methyl sites for hydroxylation is 1. The normalized spacial score (nSPS) is 16.1. The standard InChI is InChI=1S/C20H21F3N2O3S/c21-20(22,23)16-9-10-17(25-14-16)29(27,28)19(11-5-12-19)18(26)24-13-4-8-15-6-2-1-3-7-15/h1-3,6-7,9-10,14H,4-5,8,11-13H2,(H,24,26). The molecule has 0 aliphatic heterocycles. The van der Waals surface area contributed by atoms with Gasteiger partial charge in [0.15, 0.2) is 9.77 Å². The molecule has 0 bridgehead atoms. The minimum atomic E-state index is -4.61. The Morgan fingerprint density at radius 2 is 1.79 bits per heavy atom. The van der Waals surface area contributed by atoms with Gasteiger partial charge in [0.25, 0.3) is 0 Å². The number of alkyl halides is 3. The van der Waals surface area contributed by atoms with Gasteiger partial charge in [-0.25, -0.2) is 13.4 Å². The third kappa shape index (κ3) is 4.29. The van der Waals surface area contributed by atoms with Crippen molar-refractivity contribution in [2.24, 2.45) is 0 Å². The van der Waals surface area contributed by atoms with Crippen LogP contribution in [0.2, 0.25) is 0 Å². The summed E-state index contributed by atoms with van der Waals surface area (Å²) in [5, 5.41) is 2.17. The van der Waals surface area contributed by atoms with Gasteiger partial charge in [-0.15, -0.1) is 0 Å². The lowest BCUT2D eigenvalue weighted by atomic mass is 9.83. The molecule has 1 amide bonds. The second kappa shape index (κ2) is 8.14. The van der Waals surface area contributed by atoms with Crippen molar-refractivity contribution in [1.82, 2.24) is 10.3 Å². The zero-order valence-corrected chi connectivity index (χ0v) is 16.4. The van der Waals surface area contributed by atoms with Gasteiger partial charge in [-0.3, -0.25) is 4.79 Å². The number of carbonyl (C=O) groups is 1. The van der Waals surface area contributed by atoms with Crippen molar-refractivity contribution in [3.63, 3.8) is 0 Å². The molecule has 1 aromatic carbocycles. The lowest BCUT2D eigenvalue weighted by Gasteiger charge is -2.38. The number of halogens is 3. The SMILES string of the molecule is O=C(NCCCc1ccccc1)C1(S(=O)(=O)c2ccc(C(F)(F)F)cn2)CCC1. The Bertz CT molecular complexity index is 955. The zero-order chi connectivity index (χ0) is 21.1. The van der Waals surface area contributed by atoms with Gasteiger partial charge in [-0.2, -0.15) is 13.2 Å². The quantitative estimate of drug-likeness (QED) is 0.687. The molecular formula is C20H21F3N2O3S. The second-order valence-electron chi connectivity index (χ2n) is 7.08. The van der Waals surface area contributed by atoms with Gasteiger partial charge in [0.1, 0.15) is 0 Å². The van der Waals surface area contributed by atoms with Gasteiger partial charge < -0.3 is 5.32 Å². The molecule has 1 saturated carbocycles. The number of aromatic nitrogens is 1. The molecular weight excluding hydrogens is 405 g/mol. The van der Waals surface area contributed by atoms with Gasteiger partial charge in [0, 0.05) is 12.7 Å². The van der Waals surface area contributed by atoms with Crippen LogP contribution in [0, 0.1) is 0 Å². The highest BCUT2D eigenvalue weighted by Crippen LogP contribution is 2.43. The van der Waals surface area contributed by atoms with Crippen molar-refractivity contribution in [1.29, 1.82) is 0 Å². The molecule has 5 nitrogen and oxygen atoms in total. The summed E-state index contributed by atoms with van der Waals surface area (Å²) in [5.41, 5.74) is 0.0751. The number of benzene rings is 1. The summed E-state index contributed by atoms with van der Waals surface area (Å²) in [6.07, 6.45) is -1.94. The summed E-state index contributed by atoms with van der Waals surface area (Å²) in [6, 6.07) is 11.2. The van der Waals surface area contributed by atoms with E-state index in [1.54, 1.807) is 0 Å². The van der Waals surface area contributed by atoms with E-state index in [0.29, 0.717) is 31.6 Å². The molecule has 3 rings (SSSR count). The van der Waals surface area contributed by atoms with Gasteiger partial charge in [-0.1, -0.05) is 30.3 Å². The minimum Gasteiger partial charge on any atom is -0.355 e. The Labute approximate surface area is 167 Å². The first-order valence-electron chi connectivity index (χ1n) is 9.27. The maximum absolute atomic E-state index is 13.0. The van der Waals surface area contributed by atoms with Crippen molar-refractivity contribution >= 4 is 15.7 Å². The van der Waals surface area contributed by atoms with Crippen LogP contribution in [-0.4, -0.2) is 30.6 Å². The summed E-state index contributed by atoms with van der Waals surface area (Å²) in [5.74, 6) is -0.612. The van der Waals surface area contributed by atoms with Crippen LogP contribution in [0.3, 0.4) is 0 Å². The van der Waals surface area contributed by atoms with E-state index >= 15 is 0 Å². The molecule has 1 aromatic heterocycles. The number of carbonyl (C=O) groups excluding carboxylic acids is 1. The number of hydrogen-bond acceptors (Lipinski definition) is 4. The number of sulfone groups is 1. The third-order valence-electron chi connectivity index (χ3n) is 5.20. The fourth-order valence-electron chi connectivity index (χ4n) is 3.32. The van der Waals surface area contributed by atoms with Crippen LogP contribution in [0.15, 0.2) is 53.7 Å². The van der Waals surface area contributed by atoms with Gasteiger partial charge in [-0.05, 0) is 49.8 Å². The molecule has 0 unspecified atom stereocenters. The zero-order valence-electron chi connectivity index (χ0n) is 15.6. The molecule has 1 N–H and O–H groups in total. The summed E-state index contributed by atoms with van der Waals surface area (Å²) < 4.78 is 62.4. The molecule has 0 radical (unpaired) electrons. The van der Waals surface area contributed by atoms with E-state index in [2.05, 4.69) is 10.3 Å². The Kier molecular flexibility index (Phi) is 5.97. The number of amides is 1. The molecule has 1 heterocycles. The molecule has 0 atom stereocenters. The van der Waals surface area contributed by atoms with Crippen LogP contribution in [0.25, 0.3) is 0 Å². The van der Waals surface area contributed by atoms with E-state index in [9.17, 15) is 26.4 Å². The van der Waals surface area contributed by atoms with E-state index in [-0.39, 0.29) is 12.8 Å².